The molecule has 2 aromatic rings. The van der Waals surface area contributed by atoms with Crippen molar-refractivity contribution in [1.82, 2.24) is 19.7 Å². The fourth-order valence-corrected chi connectivity index (χ4v) is 1.32. The van der Waals surface area contributed by atoms with E-state index < -0.39 is 10.9 Å². The summed E-state index contributed by atoms with van der Waals surface area (Å²) in [4.78, 5) is 28.9. The van der Waals surface area contributed by atoms with Crippen LogP contribution in [0.15, 0.2) is 18.5 Å². The Bertz CT molecular complexity index is 652. The maximum Gasteiger partial charge on any atom is 0.377 e. The van der Waals surface area contributed by atoms with E-state index in [-0.39, 0.29) is 23.1 Å². The number of nitro groups is 1. The number of aromatic nitrogens is 4. The van der Waals surface area contributed by atoms with Crippen molar-refractivity contribution in [3.05, 3.63) is 34.4 Å². The lowest BCUT2D eigenvalue weighted by Gasteiger charge is -2.01. The molecule has 0 radical (unpaired) electrons. The van der Waals surface area contributed by atoms with Crippen LogP contribution in [0.3, 0.4) is 0 Å². The molecule has 19 heavy (non-hydrogen) atoms. The molecule has 0 bridgehead atoms. The van der Waals surface area contributed by atoms with Gasteiger partial charge in [0.2, 0.25) is 5.82 Å². The summed E-state index contributed by atoms with van der Waals surface area (Å²) in [7, 11) is 1.17. The molecule has 0 aliphatic carbocycles. The van der Waals surface area contributed by atoms with Gasteiger partial charge in [0.25, 0.3) is 5.82 Å². The van der Waals surface area contributed by atoms with E-state index >= 15 is 0 Å². The van der Waals surface area contributed by atoms with Crippen molar-refractivity contribution in [2.75, 3.05) is 12.8 Å². The number of carbonyl (C=O) groups is 1. The van der Waals surface area contributed by atoms with Crippen LogP contribution in [0.2, 0.25) is 0 Å². The minimum absolute atomic E-state index is 0.0794. The summed E-state index contributed by atoms with van der Waals surface area (Å²) in [5.41, 5.74) is 5.16. The molecule has 0 atom stereocenters. The lowest BCUT2D eigenvalue weighted by Crippen LogP contribution is -2.08. The van der Waals surface area contributed by atoms with Crippen molar-refractivity contribution >= 4 is 17.5 Å². The van der Waals surface area contributed by atoms with Crippen LogP contribution in [0, 0.1) is 10.1 Å². The largest absolute Gasteiger partial charge is 0.463 e. The first-order chi connectivity index (χ1) is 9.02. The molecule has 0 aromatic carbocycles. The Balaban J connectivity index is 2.52. The van der Waals surface area contributed by atoms with Gasteiger partial charge in [-0.1, -0.05) is 0 Å². The molecule has 10 nitrogen and oxygen atoms in total. The Kier molecular flexibility index (Phi) is 3.06. The van der Waals surface area contributed by atoms with Gasteiger partial charge in [0.05, 0.1) is 12.0 Å². The average molecular weight is 264 g/mol. The van der Waals surface area contributed by atoms with E-state index in [1.54, 1.807) is 0 Å². The Morgan fingerprint density at radius 3 is 2.89 bits per heavy atom. The summed E-state index contributed by atoms with van der Waals surface area (Å²) < 4.78 is 5.42. The molecule has 98 valence electrons. The maximum absolute atomic E-state index is 11.2. The minimum Gasteiger partial charge on any atom is -0.463 e. The number of nitrogen functional groups attached to an aromatic ring is 1. The summed E-state index contributed by atoms with van der Waals surface area (Å²) >= 11 is 0. The number of esters is 1. The molecule has 0 spiro atoms. The van der Waals surface area contributed by atoms with Gasteiger partial charge in [-0.15, -0.1) is 5.10 Å². The van der Waals surface area contributed by atoms with E-state index in [1.165, 1.54) is 19.2 Å². The van der Waals surface area contributed by atoms with Crippen LogP contribution >= 0.6 is 0 Å². The van der Waals surface area contributed by atoms with Gasteiger partial charge in [0.15, 0.2) is 0 Å². The third kappa shape index (κ3) is 2.31. The second kappa shape index (κ2) is 4.68. The summed E-state index contributed by atoms with van der Waals surface area (Å²) in [5, 5.41) is 14.6. The SMILES string of the molecule is COC(=O)c1ncn(-c2nc(N)ccc2[N+](=O)[O-])n1. The maximum atomic E-state index is 11.2. The molecule has 2 N–H and O–H groups in total. The molecular formula is C9H8N6O4. The second-order valence-corrected chi connectivity index (χ2v) is 3.34. The molecule has 0 saturated carbocycles. The third-order valence-corrected chi connectivity index (χ3v) is 2.15. The first kappa shape index (κ1) is 12.4. The molecular weight excluding hydrogens is 256 g/mol. The fourth-order valence-electron chi connectivity index (χ4n) is 1.32. The Hall–Kier alpha value is -3.04. The minimum atomic E-state index is -0.759. The summed E-state index contributed by atoms with van der Waals surface area (Å²) in [6, 6.07) is 2.48. The number of hydrogen-bond acceptors (Lipinski definition) is 8. The second-order valence-electron chi connectivity index (χ2n) is 3.34. The number of ether oxygens (including phenoxy) is 1. The zero-order valence-corrected chi connectivity index (χ0v) is 9.68. The lowest BCUT2D eigenvalue weighted by molar-refractivity contribution is -0.384. The van der Waals surface area contributed by atoms with Gasteiger partial charge in [-0.3, -0.25) is 10.1 Å². The molecule has 2 aromatic heterocycles. The van der Waals surface area contributed by atoms with Crippen molar-refractivity contribution < 1.29 is 14.5 Å². The van der Waals surface area contributed by atoms with Crippen LogP contribution in [0.25, 0.3) is 5.82 Å². The van der Waals surface area contributed by atoms with Gasteiger partial charge in [-0.05, 0) is 6.07 Å². The zero-order chi connectivity index (χ0) is 14.0. The van der Waals surface area contributed by atoms with Gasteiger partial charge < -0.3 is 10.5 Å². The predicted molar refractivity (Wildman–Crippen MR) is 61.6 cm³/mol. The smallest absolute Gasteiger partial charge is 0.377 e. The van der Waals surface area contributed by atoms with Crippen molar-refractivity contribution in [1.29, 1.82) is 0 Å². The number of rotatable bonds is 3. The van der Waals surface area contributed by atoms with Gasteiger partial charge in [0, 0.05) is 6.07 Å². The topological polar surface area (TPSA) is 139 Å². The summed E-state index contributed by atoms with van der Waals surface area (Å²) in [6.45, 7) is 0. The monoisotopic (exact) mass is 264 g/mol. The van der Waals surface area contributed by atoms with E-state index in [0.29, 0.717) is 0 Å². The van der Waals surface area contributed by atoms with Crippen LogP contribution in [0.1, 0.15) is 10.6 Å². The number of methoxy groups -OCH3 is 1. The van der Waals surface area contributed by atoms with Gasteiger partial charge in [-0.2, -0.15) is 4.68 Å². The van der Waals surface area contributed by atoms with Crippen LogP contribution in [-0.2, 0) is 4.74 Å². The van der Waals surface area contributed by atoms with E-state index in [1.807, 2.05) is 0 Å². The third-order valence-electron chi connectivity index (χ3n) is 2.15. The number of hydrogen-bond donors (Lipinski definition) is 1. The molecule has 0 fully saturated rings. The summed E-state index contributed by atoms with van der Waals surface area (Å²) in [5.74, 6) is -1.05. The number of anilines is 1. The predicted octanol–water partition coefficient (Wildman–Crippen LogP) is -0.0607. The molecule has 0 amide bonds. The average Bonchev–Trinajstić information content (AvgIpc) is 2.86. The fraction of sp³-hybridized carbons (Fsp3) is 0.111. The van der Waals surface area contributed by atoms with Crippen LogP contribution in [-0.4, -0.2) is 37.8 Å². The number of nitrogens with two attached hydrogens (primary N) is 1. The quantitative estimate of drug-likeness (QED) is 0.462. The van der Waals surface area contributed by atoms with Gasteiger partial charge >= 0.3 is 11.7 Å². The zero-order valence-electron chi connectivity index (χ0n) is 9.68. The van der Waals surface area contributed by atoms with E-state index in [2.05, 4.69) is 19.8 Å². The Morgan fingerprint density at radius 2 is 2.26 bits per heavy atom. The van der Waals surface area contributed by atoms with Crippen molar-refractivity contribution in [3.8, 4) is 5.82 Å². The van der Waals surface area contributed by atoms with Gasteiger partial charge in [-0.25, -0.2) is 14.8 Å². The molecule has 0 aliphatic heterocycles. The Morgan fingerprint density at radius 1 is 1.53 bits per heavy atom. The standard InChI is InChI=1S/C9H8N6O4/c1-19-9(16)7-11-4-14(13-7)8-5(15(17)18)2-3-6(10)12-8/h2-4H,1H3,(H2,10,12). The Labute approximate surface area is 106 Å². The van der Waals surface area contributed by atoms with E-state index in [4.69, 9.17) is 5.73 Å². The highest BCUT2D eigenvalue weighted by atomic mass is 16.6. The van der Waals surface area contributed by atoms with E-state index in [9.17, 15) is 14.9 Å². The van der Waals surface area contributed by atoms with Crippen molar-refractivity contribution in [2.24, 2.45) is 0 Å². The number of nitrogens with zero attached hydrogens (tertiary/aromatic N) is 5. The molecule has 0 unspecified atom stereocenters. The lowest BCUT2D eigenvalue weighted by atomic mass is 10.4. The first-order valence-electron chi connectivity index (χ1n) is 4.94. The molecule has 0 aliphatic rings. The first-order valence-corrected chi connectivity index (χ1v) is 4.94. The number of carbonyl (C=O) groups excluding carboxylic acids is 1. The molecule has 10 heteroatoms. The summed E-state index contributed by atoms with van der Waals surface area (Å²) in [6.07, 6.45) is 1.11. The van der Waals surface area contributed by atoms with Crippen LogP contribution < -0.4 is 5.73 Å². The molecule has 2 heterocycles. The highest BCUT2D eigenvalue weighted by Crippen LogP contribution is 2.20. The van der Waals surface area contributed by atoms with Gasteiger partial charge in [0.1, 0.15) is 12.1 Å². The van der Waals surface area contributed by atoms with Crippen LogP contribution in [0.5, 0.6) is 0 Å². The molecule has 0 saturated heterocycles. The van der Waals surface area contributed by atoms with Crippen molar-refractivity contribution in [3.63, 3.8) is 0 Å². The van der Waals surface area contributed by atoms with Crippen molar-refractivity contribution in [2.45, 2.75) is 0 Å². The highest BCUT2D eigenvalue weighted by molar-refractivity contribution is 5.84. The van der Waals surface area contributed by atoms with E-state index in [0.717, 1.165) is 11.0 Å². The highest BCUT2D eigenvalue weighted by Gasteiger charge is 2.20. The number of pyridine rings is 1. The van der Waals surface area contributed by atoms with Crippen LogP contribution in [0.4, 0.5) is 11.5 Å². The molecule has 2 rings (SSSR count). The normalized spacial score (nSPS) is 10.2.